The number of hydrogen-bond acceptors (Lipinski definition) is 4. The van der Waals surface area contributed by atoms with Crippen LogP contribution in [0.5, 0.6) is 11.5 Å². The zero-order chi connectivity index (χ0) is 10.4. The normalized spacial score (nSPS) is 10.1. The van der Waals surface area contributed by atoms with Crippen molar-refractivity contribution in [2.24, 2.45) is 5.90 Å². The molecule has 0 radical (unpaired) electrons. The molecule has 0 bridgehead atoms. The molecule has 0 saturated heterocycles. The number of nitrogens with two attached hydrogens (primary N) is 1. The molecule has 1 aromatic carbocycles. The van der Waals surface area contributed by atoms with E-state index in [4.69, 9.17) is 10.6 Å². The van der Waals surface area contributed by atoms with Gasteiger partial charge in [0.25, 0.3) is 0 Å². The molecule has 14 heavy (non-hydrogen) atoms. The van der Waals surface area contributed by atoms with Crippen molar-refractivity contribution < 1.29 is 14.7 Å². The molecule has 0 fully saturated rings. The lowest BCUT2D eigenvalue weighted by Gasteiger charge is -2.09. The van der Waals surface area contributed by atoms with Gasteiger partial charge in [-0.2, -0.15) is 0 Å². The molecule has 0 heterocycles. The molecule has 1 rings (SSSR count). The molecule has 0 unspecified atom stereocenters. The fraction of sp³-hybridized carbons (Fsp3) is 0.400. The van der Waals surface area contributed by atoms with E-state index in [1.165, 1.54) is 0 Å². The summed E-state index contributed by atoms with van der Waals surface area (Å²) in [6.07, 6.45) is 0.573. The maximum Gasteiger partial charge on any atom is 0.161 e. The first-order valence-corrected chi connectivity index (χ1v) is 4.55. The van der Waals surface area contributed by atoms with Crippen LogP contribution in [0.4, 0.5) is 0 Å². The number of para-hydroxylation sites is 1. The highest BCUT2D eigenvalue weighted by Crippen LogP contribution is 2.29. The zero-order valence-electron chi connectivity index (χ0n) is 8.19. The van der Waals surface area contributed by atoms with Crippen LogP contribution in [-0.4, -0.2) is 18.3 Å². The van der Waals surface area contributed by atoms with Crippen LogP contribution in [0.3, 0.4) is 0 Å². The van der Waals surface area contributed by atoms with Crippen LogP contribution in [0.1, 0.15) is 12.5 Å². The van der Waals surface area contributed by atoms with Gasteiger partial charge in [0.1, 0.15) is 0 Å². The van der Waals surface area contributed by atoms with Gasteiger partial charge in [-0.05, 0) is 13.0 Å². The van der Waals surface area contributed by atoms with Gasteiger partial charge < -0.3 is 14.7 Å². The predicted octanol–water partition coefficient (Wildman–Crippen LogP) is 1.22. The molecule has 3 N–H and O–H groups in total. The summed E-state index contributed by atoms with van der Waals surface area (Å²) in [5.74, 6) is 5.58. The van der Waals surface area contributed by atoms with Crippen molar-refractivity contribution in [1.82, 2.24) is 0 Å². The molecule has 0 saturated carbocycles. The topological polar surface area (TPSA) is 64.7 Å². The number of hydrogen-bond donors (Lipinski definition) is 2. The van der Waals surface area contributed by atoms with Crippen molar-refractivity contribution in [2.75, 3.05) is 13.2 Å². The summed E-state index contributed by atoms with van der Waals surface area (Å²) in [5.41, 5.74) is 0.779. The average Bonchev–Trinajstić information content (AvgIpc) is 2.20. The number of ether oxygens (including phenoxy) is 1. The van der Waals surface area contributed by atoms with Crippen LogP contribution in [0.2, 0.25) is 0 Å². The summed E-state index contributed by atoms with van der Waals surface area (Å²) in [7, 11) is 0. The Balaban J connectivity index is 2.78. The summed E-state index contributed by atoms with van der Waals surface area (Å²) in [5, 5.41) is 9.73. The third kappa shape index (κ3) is 2.61. The largest absolute Gasteiger partial charge is 0.504 e. The Labute approximate surface area is 83.2 Å². The Morgan fingerprint density at radius 3 is 2.86 bits per heavy atom. The summed E-state index contributed by atoms with van der Waals surface area (Å²) in [6.45, 7) is 2.78. The van der Waals surface area contributed by atoms with Gasteiger partial charge in [-0.1, -0.05) is 12.1 Å². The van der Waals surface area contributed by atoms with Crippen LogP contribution >= 0.6 is 0 Å². The van der Waals surface area contributed by atoms with Crippen molar-refractivity contribution in [1.29, 1.82) is 0 Å². The monoisotopic (exact) mass is 197 g/mol. The molecule has 0 aromatic heterocycles. The highest BCUT2D eigenvalue weighted by atomic mass is 16.6. The van der Waals surface area contributed by atoms with Crippen molar-refractivity contribution >= 4 is 0 Å². The fourth-order valence-electron chi connectivity index (χ4n) is 1.21. The fourth-order valence-corrected chi connectivity index (χ4v) is 1.21. The second kappa shape index (κ2) is 5.47. The number of phenolic OH excluding ortho intramolecular Hbond substituents is 1. The number of phenols is 1. The van der Waals surface area contributed by atoms with Gasteiger partial charge in [-0.3, -0.25) is 0 Å². The van der Waals surface area contributed by atoms with E-state index in [0.29, 0.717) is 25.4 Å². The van der Waals surface area contributed by atoms with Crippen LogP contribution < -0.4 is 10.6 Å². The van der Waals surface area contributed by atoms with Gasteiger partial charge in [0.15, 0.2) is 11.5 Å². The Morgan fingerprint density at radius 1 is 1.43 bits per heavy atom. The van der Waals surface area contributed by atoms with E-state index in [-0.39, 0.29) is 5.75 Å². The molecule has 0 atom stereocenters. The lowest BCUT2D eigenvalue weighted by molar-refractivity contribution is 0.140. The SMILES string of the molecule is CCOc1cccc(CCON)c1O. The molecule has 1 aromatic rings. The second-order valence-electron chi connectivity index (χ2n) is 2.82. The van der Waals surface area contributed by atoms with Gasteiger partial charge in [0.2, 0.25) is 0 Å². The van der Waals surface area contributed by atoms with E-state index in [2.05, 4.69) is 4.84 Å². The molecule has 0 aliphatic rings. The maximum atomic E-state index is 9.73. The third-order valence-electron chi connectivity index (χ3n) is 1.87. The number of aromatic hydroxyl groups is 1. The van der Waals surface area contributed by atoms with Crippen molar-refractivity contribution in [2.45, 2.75) is 13.3 Å². The van der Waals surface area contributed by atoms with Crippen LogP contribution in [0.25, 0.3) is 0 Å². The van der Waals surface area contributed by atoms with Crippen LogP contribution in [0, 0.1) is 0 Å². The lowest BCUT2D eigenvalue weighted by atomic mass is 10.1. The third-order valence-corrected chi connectivity index (χ3v) is 1.87. The molecular weight excluding hydrogens is 182 g/mol. The van der Waals surface area contributed by atoms with Gasteiger partial charge in [-0.25, -0.2) is 5.90 Å². The van der Waals surface area contributed by atoms with E-state index in [1.807, 2.05) is 19.1 Å². The molecule has 0 spiro atoms. The second-order valence-corrected chi connectivity index (χ2v) is 2.82. The minimum absolute atomic E-state index is 0.173. The number of benzene rings is 1. The Hall–Kier alpha value is -1.26. The maximum absolute atomic E-state index is 9.73. The highest BCUT2D eigenvalue weighted by Gasteiger charge is 2.06. The standard InChI is InChI=1S/C10H15NO3/c1-2-13-9-5-3-4-8(10(9)12)6-7-14-11/h3-5,12H,2,6-7,11H2,1H3. The Kier molecular flexibility index (Phi) is 4.22. The highest BCUT2D eigenvalue weighted by molar-refractivity contribution is 5.45. The molecular formula is C10H15NO3. The van der Waals surface area contributed by atoms with Gasteiger partial charge >= 0.3 is 0 Å². The summed E-state index contributed by atoms with van der Waals surface area (Å²) in [4.78, 5) is 4.45. The van der Waals surface area contributed by atoms with Crippen LogP contribution in [-0.2, 0) is 11.3 Å². The van der Waals surface area contributed by atoms with Crippen LogP contribution in [0.15, 0.2) is 18.2 Å². The Bertz CT molecular complexity index is 289. The molecule has 4 heteroatoms. The van der Waals surface area contributed by atoms with Gasteiger partial charge in [-0.15, -0.1) is 0 Å². The van der Waals surface area contributed by atoms with Gasteiger partial charge in [0, 0.05) is 12.0 Å². The molecule has 0 aliphatic carbocycles. The molecule has 0 amide bonds. The zero-order valence-corrected chi connectivity index (χ0v) is 8.19. The first-order valence-electron chi connectivity index (χ1n) is 4.55. The quantitative estimate of drug-likeness (QED) is 0.697. The van der Waals surface area contributed by atoms with E-state index >= 15 is 0 Å². The first-order chi connectivity index (χ1) is 6.79. The average molecular weight is 197 g/mol. The number of rotatable bonds is 5. The van der Waals surface area contributed by atoms with Gasteiger partial charge in [0.05, 0.1) is 13.2 Å². The summed E-state index contributed by atoms with van der Waals surface area (Å²) >= 11 is 0. The predicted molar refractivity (Wildman–Crippen MR) is 53.1 cm³/mol. The first kappa shape index (κ1) is 10.8. The van der Waals surface area contributed by atoms with Crippen molar-refractivity contribution in [3.63, 3.8) is 0 Å². The minimum Gasteiger partial charge on any atom is -0.504 e. The minimum atomic E-state index is 0.173. The van der Waals surface area contributed by atoms with E-state index in [1.54, 1.807) is 6.07 Å². The van der Waals surface area contributed by atoms with Crippen molar-refractivity contribution in [3.8, 4) is 11.5 Å². The molecule has 4 nitrogen and oxygen atoms in total. The summed E-state index contributed by atoms with van der Waals surface area (Å²) < 4.78 is 5.24. The van der Waals surface area contributed by atoms with E-state index in [0.717, 1.165) is 5.56 Å². The smallest absolute Gasteiger partial charge is 0.161 e. The summed E-state index contributed by atoms with van der Waals surface area (Å²) in [6, 6.07) is 5.37. The molecule has 78 valence electrons. The van der Waals surface area contributed by atoms with E-state index < -0.39 is 0 Å². The lowest BCUT2D eigenvalue weighted by Crippen LogP contribution is -2.04. The van der Waals surface area contributed by atoms with Crippen molar-refractivity contribution in [3.05, 3.63) is 23.8 Å². The Morgan fingerprint density at radius 2 is 2.21 bits per heavy atom. The molecule has 0 aliphatic heterocycles. The van der Waals surface area contributed by atoms with E-state index in [9.17, 15) is 5.11 Å².